The van der Waals surface area contributed by atoms with Gasteiger partial charge in [0.2, 0.25) is 0 Å². The lowest BCUT2D eigenvalue weighted by Crippen LogP contribution is -2.15. The molecule has 0 aliphatic heterocycles. The normalized spacial score (nSPS) is 11.9. The van der Waals surface area contributed by atoms with Crippen molar-refractivity contribution in [2.75, 3.05) is 6.61 Å². The van der Waals surface area contributed by atoms with Gasteiger partial charge in [-0.15, -0.1) is 0 Å². The average molecular weight is 869 g/mol. The van der Waals surface area contributed by atoms with Crippen molar-refractivity contribution in [3.63, 3.8) is 0 Å². The minimum absolute atomic E-state index is 0.109. The van der Waals surface area contributed by atoms with Crippen LogP contribution in [0.4, 0.5) is 0 Å². The van der Waals surface area contributed by atoms with Crippen molar-refractivity contribution in [3.8, 4) is 39.5 Å². The van der Waals surface area contributed by atoms with Crippen molar-refractivity contribution in [2.45, 2.75) is 130 Å². The number of hydrogen-bond donors (Lipinski definition) is 0. The Morgan fingerprint density at radius 3 is 1.23 bits per heavy atom. The number of carbonyl (C=O) groups is 4. The lowest BCUT2D eigenvalue weighted by molar-refractivity contribution is -0.134. The Morgan fingerprint density at radius 2 is 0.781 bits per heavy atom. The predicted molar refractivity (Wildman–Crippen MR) is 252 cm³/mol. The van der Waals surface area contributed by atoms with Crippen LogP contribution in [0.25, 0.3) is 22.3 Å². The summed E-state index contributed by atoms with van der Waals surface area (Å²) in [6.07, 6.45) is 13.2. The molecule has 0 fully saturated rings. The van der Waals surface area contributed by atoms with Crippen molar-refractivity contribution in [1.82, 2.24) is 0 Å². The molecule has 0 saturated carbocycles. The van der Waals surface area contributed by atoms with Crippen LogP contribution in [0.2, 0.25) is 0 Å². The Morgan fingerprint density at radius 1 is 0.406 bits per heavy atom. The number of ether oxygens (including phenoxy) is 5. The second-order valence-corrected chi connectivity index (χ2v) is 16.4. The molecule has 9 heteroatoms. The fourth-order valence-corrected chi connectivity index (χ4v) is 7.14. The van der Waals surface area contributed by atoms with E-state index in [4.69, 9.17) is 23.7 Å². The zero-order chi connectivity index (χ0) is 45.5. The molecule has 64 heavy (non-hydrogen) atoms. The van der Waals surface area contributed by atoms with Gasteiger partial charge in [-0.2, -0.15) is 0 Å². The lowest BCUT2D eigenvalue weighted by Gasteiger charge is -2.13. The Hall–Kier alpha value is -6.22. The summed E-state index contributed by atoms with van der Waals surface area (Å²) < 4.78 is 28.3. The first kappa shape index (κ1) is 48.8. The first-order chi connectivity index (χ1) is 31.1. The van der Waals surface area contributed by atoms with Crippen LogP contribution in [0.3, 0.4) is 0 Å². The van der Waals surface area contributed by atoms with Crippen molar-refractivity contribution < 1.29 is 42.9 Å². The van der Waals surface area contributed by atoms with E-state index in [-0.39, 0.29) is 30.1 Å². The molecule has 0 aromatic heterocycles. The van der Waals surface area contributed by atoms with Crippen LogP contribution in [0, 0.1) is 0 Å². The van der Waals surface area contributed by atoms with Crippen molar-refractivity contribution >= 4 is 23.9 Å². The molecule has 0 N–H and O–H groups in total. The quantitative estimate of drug-likeness (QED) is 0.0304. The summed E-state index contributed by atoms with van der Waals surface area (Å²) in [5, 5.41) is 0. The highest BCUT2D eigenvalue weighted by Crippen LogP contribution is 2.26. The van der Waals surface area contributed by atoms with Crippen LogP contribution < -0.4 is 14.2 Å². The van der Waals surface area contributed by atoms with Crippen LogP contribution in [-0.2, 0) is 14.3 Å². The third-order valence-corrected chi connectivity index (χ3v) is 11.0. The van der Waals surface area contributed by atoms with Gasteiger partial charge in [0.25, 0.3) is 0 Å². The van der Waals surface area contributed by atoms with Crippen molar-refractivity contribution in [2.24, 2.45) is 0 Å². The first-order valence-electron chi connectivity index (χ1n) is 23.1. The van der Waals surface area contributed by atoms with Crippen LogP contribution in [0.15, 0.2) is 121 Å². The van der Waals surface area contributed by atoms with Gasteiger partial charge in [0, 0.05) is 6.42 Å². The molecule has 0 saturated heterocycles. The van der Waals surface area contributed by atoms with Gasteiger partial charge in [-0.25, -0.2) is 14.4 Å². The molecule has 5 aromatic carbocycles. The first-order valence-corrected chi connectivity index (χ1v) is 23.1. The molecule has 9 nitrogen and oxygen atoms in total. The number of hydrogen-bond acceptors (Lipinski definition) is 9. The minimum Gasteiger partial charge on any atom is -0.494 e. The third-order valence-electron chi connectivity index (χ3n) is 11.0. The van der Waals surface area contributed by atoms with Crippen LogP contribution in [0.1, 0.15) is 149 Å². The SMILES string of the molecule is CCCCCCC(C)OC(=O)c1ccc(-c2ccc(OC(=O)CCCCCOc3ccc(C(=O)Oc4ccc(-c5ccc(C(=O)OC(C)CCCCCC)cc5)cc4)cc3)cc2)cc1. The molecular weight excluding hydrogens is 805 g/mol. The fourth-order valence-electron chi connectivity index (χ4n) is 7.14. The van der Waals surface area contributed by atoms with Gasteiger partial charge in [-0.1, -0.05) is 101 Å². The number of carbonyl (C=O) groups excluding carboxylic acids is 4. The van der Waals surface area contributed by atoms with Gasteiger partial charge < -0.3 is 23.7 Å². The van der Waals surface area contributed by atoms with Gasteiger partial charge in [0.05, 0.1) is 35.5 Å². The fraction of sp³-hybridized carbons (Fsp3) is 0.382. The highest BCUT2D eigenvalue weighted by molar-refractivity contribution is 5.92. The zero-order valence-corrected chi connectivity index (χ0v) is 38.0. The van der Waals surface area contributed by atoms with Gasteiger partial charge >= 0.3 is 23.9 Å². The monoisotopic (exact) mass is 868 g/mol. The maximum atomic E-state index is 12.9. The molecule has 0 aliphatic carbocycles. The minimum atomic E-state index is -0.479. The Labute approximate surface area is 379 Å². The summed E-state index contributed by atoms with van der Waals surface area (Å²) in [7, 11) is 0. The number of esters is 4. The topological polar surface area (TPSA) is 114 Å². The predicted octanol–water partition coefficient (Wildman–Crippen LogP) is 13.8. The summed E-state index contributed by atoms with van der Waals surface area (Å²) in [5.41, 5.74) is 5.18. The summed E-state index contributed by atoms with van der Waals surface area (Å²) in [6, 6.07) is 36.0. The average Bonchev–Trinajstić information content (AvgIpc) is 3.31. The van der Waals surface area contributed by atoms with E-state index in [0.29, 0.717) is 53.4 Å². The van der Waals surface area contributed by atoms with Crippen molar-refractivity contribution in [3.05, 3.63) is 138 Å². The third kappa shape index (κ3) is 16.5. The molecule has 2 atom stereocenters. The molecule has 0 heterocycles. The number of rotatable bonds is 26. The lowest BCUT2D eigenvalue weighted by atomic mass is 10.0. The molecule has 0 radical (unpaired) electrons. The van der Waals surface area contributed by atoms with Crippen LogP contribution in [0.5, 0.6) is 17.2 Å². The van der Waals surface area contributed by atoms with E-state index in [1.54, 1.807) is 72.8 Å². The van der Waals surface area contributed by atoms with Gasteiger partial charge in [-0.05, 0) is 154 Å². The van der Waals surface area contributed by atoms with E-state index in [1.165, 1.54) is 25.7 Å². The maximum Gasteiger partial charge on any atom is 0.343 e. The van der Waals surface area contributed by atoms with E-state index in [0.717, 1.165) is 73.6 Å². The van der Waals surface area contributed by atoms with E-state index < -0.39 is 5.97 Å². The van der Waals surface area contributed by atoms with Crippen molar-refractivity contribution in [1.29, 1.82) is 0 Å². The van der Waals surface area contributed by atoms with E-state index >= 15 is 0 Å². The van der Waals surface area contributed by atoms with Gasteiger partial charge in [-0.3, -0.25) is 4.79 Å². The molecule has 2 unspecified atom stereocenters. The molecule has 0 aliphatic rings. The highest BCUT2D eigenvalue weighted by Gasteiger charge is 2.15. The number of benzene rings is 5. The molecular formula is C55H64O9. The Balaban J connectivity index is 0.947. The summed E-state index contributed by atoms with van der Waals surface area (Å²) >= 11 is 0. The Bertz CT molecular complexity index is 2180. The standard InChI is InChI=1S/C55H64O9/c1-5-7-9-12-16-40(3)61-53(57)46-23-19-42(20-24-46)44-27-35-50(36-28-44)63-52(56)18-14-11-15-39-60-49-33-31-48(32-34-49)55(59)64-51-37-29-45(30-38-51)43-21-25-47(26-22-43)54(58)62-41(4)17-13-10-8-6-2/h19-38,40-41H,5-18,39H2,1-4H3. The molecule has 0 amide bonds. The zero-order valence-electron chi connectivity index (χ0n) is 38.0. The smallest absolute Gasteiger partial charge is 0.343 e. The largest absolute Gasteiger partial charge is 0.494 e. The summed E-state index contributed by atoms with van der Waals surface area (Å²) in [4.78, 5) is 50.5. The highest BCUT2D eigenvalue weighted by atomic mass is 16.6. The van der Waals surface area contributed by atoms with Gasteiger partial charge in [0.15, 0.2) is 0 Å². The van der Waals surface area contributed by atoms with E-state index in [2.05, 4.69) is 13.8 Å². The maximum absolute atomic E-state index is 12.9. The molecule has 5 rings (SSSR count). The second kappa shape index (κ2) is 26.4. The molecule has 0 spiro atoms. The van der Waals surface area contributed by atoms with Gasteiger partial charge in [0.1, 0.15) is 17.2 Å². The van der Waals surface area contributed by atoms with E-state index in [9.17, 15) is 19.2 Å². The van der Waals surface area contributed by atoms with E-state index in [1.807, 2.05) is 62.4 Å². The summed E-state index contributed by atoms with van der Waals surface area (Å²) in [6.45, 7) is 8.71. The van der Waals surface area contributed by atoms with Crippen LogP contribution in [-0.4, -0.2) is 42.7 Å². The van der Waals surface area contributed by atoms with Crippen LogP contribution >= 0.6 is 0 Å². The molecule has 338 valence electrons. The summed E-state index contributed by atoms with van der Waals surface area (Å²) in [5.74, 6) is 0.135. The Kier molecular flexibility index (Phi) is 20.1. The number of unbranched alkanes of at least 4 members (excludes halogenated alkanes) is 8. The molecule has 0 bridgehead atoms. The molecule has 5 aromatic rings. The second-order valence-electron chi connectivity index (χ2n) is 16.4.